The average Bonchev–Trinajstić information content (AvgIpc) is 2.66. The van der Waals surface area contributed by atoms with Crippen molar-refractivity contribution >= 4 is 22.7 Å². The van der Waals surface area contributed by atoms with Crippen molar-refractivity contribution in [1.82, 2.24) is 20.2 Å². The molecular formula is C19H15FN4O3. The van der Waals surface area contributed by atoms with Crippen LogP contribution in [0.2, 0.25) is 0 Å². The van der Waals surface area contributed by atoms with E-state index in [1.54, 1.807) is 30.3 Å². The number of aromatic amines is 1. The molecule has 2 aromatic carbocycles. The number of aromatic nitrogens is 2. The van der Waals surface area contributed by atoms with Gasteiger partial charge < -0.3 is 15.2 Å². The highest BCUT2D eigenvalue weighted by atomic mass is 19.1. The first kappa shape index (κ1) is 16.9. The molecule has 0 bridgehead atoms. The summed E-state index contributed by atoms with van der Waals surface area (Å²) in [6.07, 6.45) is 0. The van der Waals surface area contributed by atoms with Crippen LogP contribution in [-0.2, 0) is 4.79 Å². The summed E-state index contributed by atoms with van der Waals surface area (Å²) in [4.78, 5) is 45.3. The van der Waals surface area contributed by atoms with E-state index in [1.807, 2.05) is 0 Å². The first-order valence-electron chi connectivity index (χ1n) is 8.38. The molecule has 2 amide bonds. The number of carbonyl (C=O) groups is 2. The number of benzene rings is 2. The minimum Gasteiger partial charge on any atom is -0.352 e. The molecule has 2 heterocycles. The number of H-pyrrole nitrogens is 1. The van der Waals surface area contributed by atoms with Crippen molar-refractivity contribution in [3.63, 3.8) is 0 Å². The van der Waals surface area contributed by atoms with Gasteiger partial charge in [0.05, 0.1) is 5.52 Å². The van der Waals surface area contributed by atoms with E-state index < -0.39 is 29.4 Å². The minimum atomic E-state index is -0.998. The number of fused-ring (bicyclic) bond motifs is 1. The maximum Gasteiger partial charge on any atom is 0.346 e. The summed E-state index contributed by atoms with van der Waals surface area (Å²) < 4.78 is 13.7. The van der Waals surface area contributed by atoms with Crippen molar-refractivity contribution in [2.45, 2.75) is 6.04 Å². The number of piperazine rings is 1. The summed E-state index contributed by atoms with van der Waals surface area (Å²) in [6.45, 7) is 0.478. The molecule has 0 spiro atoms. The van der Waals surface area contributed by atoms with Crippen LogP contribution in [0.4, 0.5) is 4.39 Å². The molecule has 136 valence electrons. The molecular weight excluding hydrogens is 351 g/mol. The standard InChI is InChI=1S/C19H15FN4O3/c20-12-5-3-4-11(10-12)16-17(25)21-8-9-24(16)18(26)15-13-6-1-2-7-14(13)22-19(27)23-15/h1-7,10,16H,8-9H2,(H,21,25)(H,22,23,27)/t16-/m1/s1. The molecule has 27 heavy (non-hydrogen) atoms. The van der Waals surface area contributed by atoms with Crippen LogP contribution in [0, 0.1) is 5.82 Å². The third-order valence-electron chi connectivity index (χ3n) is 4.48. The second-order valence-corrected chi connectivity index (χ2v) is 6.18. The molecule has 8 heteroatoms. The van der Waals surface area contributed by atoms with Crippen LogP contribution in [0.15, 0.2) is 53.3 Å². The number of nitrogens with zero attached hydrogens (tertiary/aromatic N) is 2. The zero-order valence-corrected chi connectivity index (χ0v) is 14.1. The summed E-state index contributed by atoms with van der Waals surface area (Å²) in [5.41, 5.74) is 0.144. The molecule has 1 fully saturated rings. The molecule has 1 aliphatic rings. The number of para-hydroxylation sites is 1. The second-order valence-electron chi connectivity index (χ2n) is 6.18. The van der Waals surface area contributed by atoms with Crippen molar-refractivity contribution in [2.24, 2.45) is 0 Å². The van der Waals surface area contributed by atoms with E-state index in [0.29, 0.717) is 16.5 Å². The minimum absolute atomic E-state index is 0.0366. The van der Waals surface area contributed by atoms with Crippen molar-refractivity contribution in [3.8, 4) is 0 Å². The zero-order chi connectivity index (χ0) is 19.0. The van der Waals surface area contributed by atoms with Crippen LogP contribution in [-0.4, -0.2) is 39.8 Å². The highest BCUT2D eigenvalue weighted by Crippen LogP contribution is 2.26. The Kier molecular flexibility index (Phi) is 4.15. The lowest BCUT2D eigenvalue weighted by molar-refractivity contribution is -0.128. The fraction of sp³-hybridized carbons (Fsp3) is 0.158. The molecule has 0 saturated carbocycles. The van der Waals surface area contributed by atoms with Crippen LogP contribution in [0.1, 0.15) is 22.1 Å². The maximum atomic E-state index is 13.7. The largest absolute Gasteiger partial charge is 0.352 e. The topological polar surface area (TPSA) is 95.2 Å². The lowest BCUT2D eigenvalue weighted by Crippen LogP contribution is -2.52. The van der Waals surface area contributed by atoms with E-state index >= 15 is 0 Å². The van der Waals surface area contributed by atoms with E-state index in [2.05, 4.69) is 15.3 Å². The fourth-order valence-electron chi connectivity index (χ4n) is 3.30. The molecule has 1 atom stereocenters. The molecule has 3 aromatic rings. The highest BCUT2D eigenvalue weighted by molar-refractivity contribution is 6.05. The molecule has 1 saturated heterocycles. The molecule has 4 rings (SSSR count). The highest BCUT2D eigenvalue weighted by Gasteiger charge is 2.36. The Labute approximate surface area is 152 Å². The number of hydrogen-bond donors (Lipinski definition) is 2. The van der Waals surface area contributed by atoms with Gasteiger partial charge in [-0.15, -0.1) is 0 Å². The van der Waals surface area contributed by atoms with E-state index in [0.717, 1.165) is 0 Å². The molecule has 7 nitrogen and oxygen atoms in total. The smallest absolute Gasteiger partial charge is 0.346 e. The quantitative estimate of drug-likeness (QED) is 0.716. The second kappa shape index (κ2) is 6.64. The molecule has 0 aliphatic carbocycles. The third kappa shape index (κ3) is 3.05. The zero-order valence-electron chi connectivity index (χ0n) is 14.1. The van der Waals surface area contributed by atoms with Gasteiger partial charge in [-0.05, 0) is 23.8 Å². The van der Waals surface area contributed by atoms with Crippen molar-refractivity contribution in [2.75, 3.05) is 13.1 Å². The molecule has 1 aliphatic heterocycles. The number of rotatable bonds is 2. The summed E-state index contributed by atoms with van der Waals surface area (Å²) in [5.74, 6) is -1.46. The van der Waals surface area contributed by atoms with Gasteiger partial charge in [-0.2, -0.15) is 4.98 Å². The Morgan fingerprint density at radius 1 is 1.15 bits per heavy atom. The number of amides is 2. The van der Waals surface area contributed by atoms with E-state index in [1.165, 1.54) is 23.1 Å². The van der Waals surface area contributed by atoms with E-state index in [4.69, 9.17) is 0 Å². The first-order chi connectivity index (χ1) is 13.0. The van der Waals surface area contributed by atoms with Gasteiger partial charge in [-0.1, -0.05) is 30.3 Å². The van der Waals surface area contributed by atoms with Gasteiger partial charge in [0.1, 0.15) is 17.6 Å². The van der Waals surface area contributed by atoms with Gasteiger partial charge >= 0.3 is 5.69 Å². The van der Waals surface area contributed by atoms with Gasteiger partial charge in [0.2, 0.25) is 5.91 Å². The molecule has 2 N–H and O–H groups in total. The molecule has 0 unspecified atom stereocenters. The lowest BCUT2D eigenvalue weighted by atomic mass is 10.0. The number of nitrogens with one attached hydrogen (secondary N) is 2. The van der Waals surface area contributed by atoms with Crippen LogP contribution >= 0.6 is 0 Å². The fourth-order valence-corrected chi connectivity index (χ4v) is 3.30. The Morgan fingerprint density at radius 2 is 1.96 bits per heavy atom. The number of hydrogen-bond acceptors (Lipinski definition) is 4. The van der Waals surface area contributed by atoms with E-state index in [9.17, 15) is 18.8 Å². The maximum absolute atomic E-state index is 13.7. The van der Waals surface area contributed by atoms with Crippen LogP contribution in [0.5, 0.6) is 0 Å². The van der Waals surface area contributed by atoms with Gasteiger partial charge in [0, 0.05) is 18.5 Å². The van der Waals surface area contributed by atoms with Gasteiger partial charge in [0.15, 0.2) is 0 Å². The molecule has 0 radical (unpaired) electrons. The summed E-state index contributed by atoms with van der Waals surface area (Å²) in [6, 6.07) is 11.4. The van der Waals surface area contributed by atoms with Crippen molar-refractivity contribution in [3.05, 3.63) is 76.1 Å². The van der Waals surface area contributed by atoms with Gasteiger partial charge in [-0.25, -0.2) is 9.18 Å². The summed E-state index contributed by atoms with van der Waals surface area (Å²) >= 11 is 0. The van der Waals surface area contributed by atoms with Crippen LogP contribution in [0.25, 0.3) is 10.9 Å². The predicted molar refractivity (Wildman–Crippen MR) is 95.6 cm³/mol. The first-order valence-corrected chi connectivity index (χ1v) is 8.38. The number of carbonyl (C=O) groups excluding carboxylic acids is 2. The number of halogens is 1. The normalized spacial score (nSPS) is 17.0. The third-order valence-corrected chi connectivity index (χ3v) is 4.48. The Morgan fingerprint density at radius 3 is 2.78 bits per heavy atom. The van der Waals surface area contributed by atoms with Crippen LogP contribution < -0.4 is 11.0 Å². The Hall–Kier alpha value is -3.55. The van der Waals surface area contributed by atoms with Crippen molar-refractivity contribution < 1.29 is 14.0 Å². The lowest BCUT2D eigenvalue weighted by Gasteiger charge is -2.35. The summed E-state index contributed by atoms with van der Waals surface area (Å²) in [7, 11) is 0. The Balaban J connectivity index is 1.82. The van der Waals surface area contributed by atoms with Gasteiger partial charge in [-0.3, -0.25) is 9.59 Å². The average molecular weight is 366 g/mol. The van der Waals surface area contributed by atoms with Crippen molar-refractivity contribution in [1.29, 1.82) is 0 Å². The monoisotopic (exact) mass is 366 g/mol. The van der Waals surface area contributed by atoms with E-state index in [-0.39, 0.29) is 18.8 Å². The SMILES string of the molecule is O=C1NCCN(C(=O)c2nc(=O)[nH]c3ccccc23)[C@@H]1c1cccc(F)c1. The van der Waals surface area contributed by atoms with Gasteiger partial charge in [0.25, 0.3) is 5.91 Å². The molecule has 1 aromatic heterocycles. The predicted octanol–water partition coefficient (Wildman–Crippen LogP) is 1.38. The van der Waals surface area contributed by atoms with Crippen LogP contribution in [0.3, 0.4) is 0 Å². The Bertz CT molecular complexity index is 1110. The summed E-state index contributed by atoms with van der Waals surface area (Å²) in [5, 5.41) is 3.17.